The van der Waals surface area contributed by atoms with E-state index in [2.05, 4.69) is 9.97 Å². The van der Waals surface area contributed by atoms with Gasteiger partial charge in [-0.1, -0.05) is 11.6 Å². The largest absolute Gasteiger partial charge is 0.360 e. The van der Waals surface area contributed by atoms with Crippen molar-refractivity contribution in [3.63, 3.8) is 0 Å². The molecule has 3 aromatic rings. The monoisotopic (exact) mass is 294 g/mol. The Kier molecular flexibility index (Phi) is 2.88. The second-order valence-corrected chi connectivity index (χ2v) is 5.56. The second-order valence-electron chi connectivity index (χ2n) is 4.10. The van der Waals surface area contributed by atoms with E-state index in [1.165, 1.54) is 17.4 Å². The molecule has 0 bridgehead atoms. The molecule has 0 spiro atoms. The van der Waals surface area contributed by atoms with Gasteiger partial charge in [-0.3, -0.25) is 4.79 Å². The smallest absolute Gasteiger partial charge is 0.198 e. The molecule has 6 heteroatoms. The molecule has 0 aliphatic heterocycles. The van der Waals surface area contributed by atoms with Gasteiger partial charge < -0.3 is 4.98 Å². The van der Waals surface area contributed by atoms with E-state index in [0.717, 1.165) is 11.1 Å². The van der Waals surface area contributed by atoms with Crippen molar-refractivity contribution in [2.24, 2.45) is 0 Å². The van der Waals surface area contributed by atoms with Gasteiger partial charge in [0.1, 0.15) is 5.82 Å². The highest BCUT2D eigenvalue weighted by atomic mass is 35.5. The Morgan fingerprint density at radius 1 is 1.42 bits per heavy atom. The van der Waals surface area contributed by atoms with Gasteiger partial charge >= 0.3 is 0 Å². The summed E-state index contributed by atoms with van der Waals surface area (Å²) < 4.78 is 13.5. The van der Waals surface area contributed by atoms with Crippen LogP contribution in [0.25, 0.3) is 22.2 Å². The molecule has 0 fully saturated rings. The van der Waals surface area contributed by atoms with Crippen molar-refractivity contribution in [1.82, 2.24) is 9.97 Å². The maximum atomic E-state index is 13.5. The number of aromatic nitrogens is 2. The summed E-state index contributed by atoms with van der Waals surface area (Å²) in [6.45, 7) is 1.86. The minimum Gasteiger partial charge on any atom is -0.360 e. The fourth-order valence-electron chi connectivity index (χ4n) is 1.89. The van der Waals surface area contributed by atoms with Crippen molar-refractivity contribution >= 4 is 33.8 Å². The molecule has 96 valence electrons. The summed E-state index contributed by atoms with van der Waals surface area (Å²) in [5.41, 5.74) is 1.28. The number of hydrogen-bond donors (Lipinski definition) is 1. The number of benzene rings is 1. The highest BCUT2D eigenvalue weighted by Crippen LogP contribution is 2.23. The molecule has 2 heterocycles. The van der Waals surface area contributed by atoms with Gasteiger partial charge in [0.2, 0.25) is 0 Å². The van der Waals surface area contributed by atoms with Gasteiger partial charge in [-0.15, -0.1) is 11.3 Å². The maximum absolute atomic E-state index is 13.5. The normalized spacial score (nSPS) is 11.1. The summed E-state index contributed by atoms with van der Waals surface area (Å²) in [6, 6.07) is 2.56. The van der Waals surface area contributed by atoms with Crippen LogP contribution in [0.4, 0.5) is 4.39 Å². The first kappa shape index (κ1) is 12.3. The molecular formula is C13H8ClFN2OS. The lowest BCUT2D eigenvalue weighted by atomic mass is 10.1. The summed E-state index contributed by atoms with van der Waals surface area (Å²) in [6.07, 6.45) is 1.58. The van der Waals surface area contributed by atoms with Crippen LogP contribution in [0.2, 0.25) is 5.02 Å². The zero-order valence-corrected chi connectivity index (χ0v) is 11.4. The summed E-state index contributed by atoms with van der Waals surface area (Å²) >= 11 is 7.15. The third-order valence-electron chi connectivity index (χ3n) is 2.82. The standard InChI is InChI=1S/C13H8ClFN2OS/c1-6-17-12(5-19-6)8-4-16-11-3-9(14)10(15)2-7(11)13(8)18/h2-5H,1H3,(H,16,18). The molecule has 0 aliphatic carbocycles. The topological polar surface area (TPSA) is 45.8 Å². The maximum Gasteiger partial charge on any atom is 0.198 e. The minimum atomic E-state index is -0.605. The number of thiazole rings is 1. The van der Waals surface area contributed by atoms with Crippen molar-refractivity contribution in [2.75, 3.05) is 0 Å². The third kappa shape index (κ3) is 2.05. The average molecular weight is 295 g/mol. The number of pyridine rings is 1. The number of nitrogens with zero attached hydrogens (tertiary/aromatic N) is 1. The lowest BCUT2D eigenvalue weighted by Crippen LogP contribution is -2.07. The molecule has 1 aromatic carbocycles. The van der Waals surface area contributed by atoms with Gasteiger partial charge in [-0.25, -0.2) is 9.37 Å². The molecule has 2 aromatic heterocycles. The summed E-state index contributed by atoms with van der Waals surface area (Å²) in [5.74, 6) is -0.605. The summed E-state index contributed by atoms with van der Waals surface area (Å²) in [7, 11) is 0. The van der Waals surface area contributed by atoms with Gasteiger partial charge in [0.25, 0.3) is 0 Å². The van der Waals surface area contributed by atoms with Crippen LogP contribution >= 0.6 is 22.9 Å². The Balaban J connectivity index is 2.32. The van der Waals surface area contributed by atoms with E-state index in [4.69, 9.17) is 11.6 Å². The molecule has 1 N–H and O–H groups in total. The summed E-state index contributed by atoms with van der Waals surface area (Å²) in [5, 5.41) is 2.93. The van der Waals surface area contributed by atoms with Gasteiger partial charge in [0.15, 0.2) is 5.43 Å². The number of H-pyrrole nitrogens is 1. The van der Waals surface area contributed by atoms with Crippen LogP contribution in [0.15, 0.2) is 28.5 Å². The van der Waals surface area contributed by atoms with E-state index in [0.29, 0.717) is 16.8 Å². The van der Waals surface area contributed by atoms with E-state index in [-0.39, 0.29) is 15.8 Å². The highest BCUT2D eigenvalue weighted by molar-refractivity contribution is 7.09. The SMILES string of the molecule is Cc1nc(-c2c[nH]c3cc(Cl)c(F)cc3c2=O)cs1. The van der Waals surface area contributed by atoms with Crippen molar-refractivity contribution in [1.29, 1.82) is 0 Å². The Morgan fingerprint density at radius 2 is 2.21 bits per heavy atom. The lowest BCUT2D eigenvalue weighted by molar-refractivity contribution is 0.630. The van der Waals surface area contributed by atoms with Crippen LogP contribution in [0, 0.1) is 12.7 Å². The number of hydrogen-bond acceptors (Lipinski definition) is 3. The number of aromatic amines is 1. The van der Waals surface area contributed by atoms with Crippen molar-refractivity contribution in [3.05, 3.63) is 49.8 Å². The average Bonchev–Trinajstić information content (AvgIpc) is 2.79. The van der Waals surface area contributed by atoms with Crippen LogP contribution in [0.5, 0.6) is 0 Å². The predicted molar refractivity (Wildman–Crippen MR) is 75.4 cm³/mol. The molecule has 3 rings (SSSR count). The van der Waals surface area contributed by atoms with E-state index >= 15 is 0 Å². The van der Waals surface area contributed by atoms with Gasteiger partial charge in [-0.2, -0.15) is 0 Å². The Labute approximate surface area is 116 Å². The minimum absolute atomic E-state index is 0.0135. The number of nitrogens with one attached hydrogen (secondary N) is 1. The first-order valence-electron chi connectivity index (χ1n) is 5.49. The second kappa shape index (κ2) is 4.43. The number of halogens is 2. The van der Waals surface area contributed by atoms with E-state index < -0.39 is 5.82 Å². The number of rotatable bonds is 1. The predicted octanol–water partition coefficient (Wildman–Crippen LogP) is 3.75. The Morgan fingerprint density at radius 3 is 2.89 bits per heavy atom. The lowest BCUT2D eigenvalue weighted by Gasteiger charge is -2.02. The van der Waals surface area contributed by atoms with Crippen molar-refractivity contribution in [3.8, 4) is 11.3 Å². The molecule has 19 heavy (non-hydrogen) atoms. The molecule has 0 atom stereocenters. The quantitative estimate of drug-likeness (QED) is 0.743. The first-order chi connectivity index (χ1) is 9.06. The van der Waals surface area contributed by atoms with Crippen molar-refractivity contribution < 1.29 is 4.39 Å². The first-order valence-corrected chi connectivity index (χ1v) is 6.75. The van der Waals surface area contributed by atoms with Crippen LogP contribution in [0.3, 0.4) is 0 Å². The molecule has 3 nitrogen and oxygen atoms in total. The zero-order chi connectivity index (χ0) is 13.6. The number of fused-ring (bicyclic) bond motifs is 1. The molecule has 0 aliphatic rings. The van der Waals surface area contributed by atoms with Crippen LogP contribution in [-0.2, 0) is 0 Å². The molecule has 0 amide bonds. The van der Waals surface area contributed by atoms with Crippen LogP contribution in [0.1, 0.15) is 5.01 Å². The molecule has 0 radical (unpaired) electrons. The summed E-state index contributed by atoms with van der Waals surface area (Å²) in [4.78, 5) is 19.6. The fraction of sp³-hybridized carbons (Fsp3) is 0.0769. The number of aryl methyl sites for hydroxylation is 1. The Bertz CT molecular complexity index is 840. The van der Waals surface area contributed by atoms with Crippen LogP contribution < -0.4 is 5.43 Å². The Hall–Kier alpha value is -1.72. The molecule has 0 saturated heterocycles. The van der Waals surface area contributed by atoms with Gasteiger partial charge in [0.05, 0.1) is 26.8 Å². The van der Waals surface area contributed by atoms with E-state index in [1.54, 1.807) is 11.6 Å². The molecule has 0 saturated carbocycles. The van der Waals surface area contributed by atoms with Gasteiger partial charge in [0, 0.05) is 17.0 Å². The fourth-order valence-corrected chi connectivity index (χ4v) is 2.67. The third-order valence-corrected chi connectivity index (χ3v) is 3.88. The van der Waals surface area contributed by atoms with Crippen molar-refractivity contribution in [2.45, 2.75) is 6.92 Å². The van der Waals surface area contributed by atoms with E-state index in [9.17, 15) is 9.18 Å². The van der Waals surface area contributed by atoms with Crippen LogP contribution in [-0.4, -0.2) is 9.97 Å². The molecule has 0 unspecified atom stereocenters. The van der Waals surface area contributed by atoms with Gasteiger partial charge in [-0.05, 0) is 19.1 Å². The highest BCUT2D eigenvalue weighted by Gasteiger charge is 2.12. The molecular weight excluding hydrogens is 287 g/mol. The zero-order valence-electron chi connectivity index (χ0n) is 9.83. The van der Waals surface area contributed by atoms with E-state index in [1.807, 2.05) is 6.92 Å².